The van der Waals surface area contributed by atoms with Gasteiger partial charge in [0.25, 0.3) is 0 Å². The molecule has 0 N–H and O–H groups in total. The number of hydrogen-bond donors (Lipinski definition) is 0. The second kappa shape index (κ2) is 5.03. The number of ketones is 1. The molecule has 3 rings (SSSR count). The Kier molecular flexibility index (Phi) is 3.70. The van der Waals surface area contributed by atoms with Crippen molar-refractivity contribution >= 4 is 14.1 Å². The first-order valence-corrected chi connectivity index (χ1v) is 11.7. The number of benzene rings is 1. The van der Waals surface area contributed by atoms with E-state index in [4.69, 9.17) is 4.43 Å². The Hall–Kier alpha value is -0.933. The van der Waals surface area contributed by atoms with Gasteiger partial charge in [-0.3, -0.25) is 4.79 Å². The first-order chi connectivity index (χ1) is 10.5. The van der Waals surface area contributed by atoms with Crippen LogP contribution in [-0.4, -0.2) is 20.2 Å². The maximum Gasteiger partial charge on any atom is 0.192 e. The Morgan fingerprint density at radius 1 is 1.04 bits per heavy atom. The Bertz CT molecular complexity index is 612. The normalized spacial score (nSPS) is 32.7. The third-order valence-corrected chi connectivity index (χ3v) is 10.9. The van der Waals surface area contributed by atoms with Gasteiger partial charge in [-0.25, -0.2) is 0 Å². The van der Waals surface area contributed by atoms with E-state index in [1.54, 1.807) is 0 Å². The minimum absolute atomic E-state index is 0.0612. The first kappa shape index (κ1) is 16.9. The average Bonchev–Trinajstić information content (AvgIpc) is 3.13. The van der Waals surface area contributed by atoms with Crippen molar-refractivity contribution < 1.29 is 9.22 Å². The SMILES string of the molecule is CC1(C)C(=O)[C@H]2[C@H](c3ccccc3)[C@H]2[C@H]1O[Si](C)(C)C(C)(C)C. The minimum Gasteiger partial charge on any atom is -0.413 e. The van der Waals surface area contributed by atoms with E-state index in [0.29, 0.717) is 17.6 Å². The van der Waals surface area contributed by atoms with Crippen molar-refractivity contribution in [2.45, 2.75) is 64.8 Å². The van der Waals surface area contributed by atoms with Crippen LogP contribution in [0.5, 0.6) is 0 Å². The predicted molar refractivity (Wildman–Crippen MR) is 97.0 cm³/mol. The fraction of sp³-hybridized carbons (Fsp3) is 0.650. The molecule has 0 bridgehead atoms. The lowest BCUT2D eigenvalue weighted by Crippen LogP contribution is -2.49. The van der Waals surface area contributed by atoms with Crippen LogP contribution >= 0.6 is 0 Å². The van der Waals surface area contributed by atoms with Crippen molar-refractivity contribution in [3.05, 3.63) is 35.9 Å². The molecule has 23 heavy (non-hydrogen) atoms. The summed E-state index contributed by atoms with van der Waals surface area (Å²) in [5, 5.41) is 0.168. The molecule has 0 spiro atoms. The molecule has 0 amide bonds. The predicted octanol–water partition coefficient (Wildman–Crippen LogP) is 5.02. The summed E-state index contributed by atoms with van der Waals surface area (Å²) in [7, 11) is -1.89. The summed E-state index contributed by atoms with van der Waals surface area (Å²) < 4.78 is 6.77. The second-order valence-corrected chi connectivity index (χ2v) is 14.2. The van der Waals surface area contributed by atoms with Gasteiger partial charge in [-0.2, -0.15) is 0 Å². The molecule has 2 aliphatic rings. The molecule has 4 atom stereocenters. The molecule has 0 radical (unpaired) electrons. The van der Waals surface area contributed by atoms with Crippen molar-refractivity contribution in [1.29, 1.82) is 0 Å². The fourth-order valence-electron chi connectivity index (χ4n) is 3.92. The van der Waals surface area contributed by atoms with Gasteiger partial charge < -0.3 is 4.43 Å². The minimum atomic E-state index is -1.89. The highest BCUT2D eigenvalue weighted by molar-refractivity contribution is 6.74. The molecular weight excluding hydrogens is 300 g/mol. The van der Waals surface area contributed by atoms with Crippen LogP contribution in [0.1, 0.15) is 46.1 Å². The largest absolute Gasteiger partial charge is 0.413 e. The van der Waals surface area contributed by atoms with Crippen LogP contribution in [0.15, 0.2) is 30.3 Å². The van der Waals surface area contributed by atoms with Crippen molar-refractivity contribution in [2.24, 2.45) is 17.3 Å². The quantitative estimate of drug-likeness (QED) is 0.728. The van der Waals surface area contributed by atoms with Gasteiger partial charge in [0.15, 0.2) is 8.32 Å². The molecule has 2 aliphatic carbocycles. The lowest BCUT2D eigenvalue weighted by molar-refractivity contribution is -0.129. The topological polar surface area (TPSA) is 26.3 Å². The van der Waals surface area contributed by atoms with Crippen molar-refractivity contribution in [2.75, 3.05) is 0 Å². The highest BCUT2D eigenvalue weighted by Gasteiger charge is 2.71. The first-order valence-electron chi connectivity index (χ1n) is 8.75. The van der Waals surface area contributed by atoms with Crippen LogP contribution in [0, 0.1) is 17.3 Å². The number of fused-ring (bicyclic) bond motifs is 1. The van der Waals surface area contributed by atoms with E-state index in [-0.39, 0.29) is 22.5 Å². The van der Waals surface area contributed by atoms with E-state index in [0.717, 1.165) is 0 Å². The van der Waals surface area contributed by atoms with E-state index in [9.17, 15) is 4.79 Å². The van der Waals surface area contributed by atoms with Crippen LogP contribution in [-0.2, 0) is 9.22 Å². The summed E-state index contributed by atoms with van der Waals surface area (Å²) in [6.45, 7) is 15.6. The van der Waals surface area contributed by atoms with Crippen LogP contribution in [0.25, 0.3) is 0 Å². The molecule has 3 heteroatoms. The van der Waals surface area contributed by atoms with Gasteiger partial charge in [-0.15, -0.1) is 0 Å². The zero-order valence-electron chi connectivity index (χ0n) is 15.5. The highest BCUT2D eigenvalue weighted by Crippen LogP contribution is 2.67. The van der Waals surface area contributed by atoms with Gasteiger partial charge in [0.2, 0.25) is 0 Å². The molecule has 126 valence electrons. The van der Waals surface area contributed by atoms with E-state index < -0.39 is 8.32 Å². The number of hydrogen-bond acceptors (Lipinski definition) is 2. The Morgan fingerprint density at radius 3 is 2.13 bits per heavy atom. The molecule has 0 saturated heterocycles. The number of carbonyl (C=O) groups is 1. The Morgan fingerprint density at radius 2 is 1.61 bits per heavy atom. The summed E-state index contributed by atoms with van der Waals surface area (Å²) >= 11 is 0. The second-order valence-electron chi connectivity index (χ2n) is 9.42. The van der Waals surface area contributed by atoms with E-state index in [1.807, 2.05) is 6.07 Å². The number of Topliss-reactive ketones (excluding diaryl/α,β-unsaturated/α-hetero) is 1. The van der Waals surface area contributed by atoms with Gasteiger partial charge in [-0.05, 0) is 29.6 Å². The smallest absolute Gasteiger partial charge is 0.192 e. The van der Waals surface area contributed by atoms with Crippen molar-refractivity contribution in [1.82, 2.24) is 0 Å². The summed E-state index contributed by atoms with van der Waals surface area (Å²) in [4.78, 5) is 12.9. The number of rotatable bonds is 3. The maximum absolute atomic E-state index is 12.9. The monoisotopic (exact) mass is 330 g/mol. The third-order valence-electron chi connectivity index (χ3n) is 6.49. The molecule has 2 nitrogen and oxygen atoms in total. The molecule has 1 aromatic rings. The summed E-state index contributed by atoms with van der Waals surface area (Å²) in [5.74, 6) is 1.31. The number of carbonyl (C=O) groups excluding carboxylic acids is 1. The van der Waals surface area contributed by atoms with Gasteiger partial charge >= 0.3 is 0 Å². The van der Waals surface area contributed by atoms with Crippen LogP contribution in [0.2, 0.25) is 18.1 Å². The van der Waals surface area contributed by atoms with E-state index >= 15 is 0 Å². The molecule has 0 heterocycles. The Labute approximate surface area is 141 Å². The highest BCUT2D eigenvalue weighted by atomic mass is 28.4. The molecule has 2 saturated carbocycles. The van der Waals surface area contributed by atoms with Crippen LogP contribution in [0.3, 0.4) is 0 Å². The molecule has 0 aliphatic heterocycles. The summed E-state index contributed by atoms with van der Waals surface area (Å²) in [6, 6.07) is 10.5. The van der Waals surface area contributed by atoms with Gasteiger partial charge in [0.1, 0.15) is 5.78 Å². The summed E-state index contributed by atoms with van der Waals surface area (Å²) in [5.41, 5.74) is 0.950. The lowest BCUT2D eigenvalue weighted by Gasteiger charge is -2.42. The average molecular weight is 331 g/mol. The molecule has 0 unspecified atom stereocenters. The zero-order valence-corrected chi connectivity index (χ0v) is 16.5. The molecule has 1 aromatic carbocycles. The van der Waals surface area contributed by atoms with Crippen LogP contribution < -0.4 is 0 Å². The molecule has 2 fully saturated rings. The lowest BCUT2D eigenvalue weighted by atomic mass is 9.81. The fourth-order valence-corrected chi connectivity index (χ4v) is 5.36. The van der Waals surface area contributed by atoms with Crippen molar-refractivity contribution in [3.8, 4) is 0 Å². The van der Waals surface area contributed by atoms with Gasteiger partial charge in [-0.1, -0.05) is 65.0 Å². The van der Waals surface area contributed by atoms with Gasteiger partial charge in [0, 0.05) is 17.3 Å². The Balaban J connectivity index is 1.89. The van der Waals surface area contributed by atoms with E-state index in [2.05, 4.69) is 72.0 Å². The van der Waals surface area contributed by atoms with E-state index in [1.165, 1.54) is 5.56 Å². The molecular formula is C20H30O2Si. The zero-order chi connectivity index (χ0) is 17.2. The third kappa shape index (κ3) is 2.53. The molecule has 0 aromatic heterocycles. The maximum atomic E-state index is 12.9. The van der Waals surface area contributed by atoms with Crippen molar-refractivity contribution in [3.63, 3.8) is 0 Å². The van der Waals surface area contributed by atoms with Crippen LogP contribution in [0.4, 0.5) is 0 Å². The van der Waals surface area contributed by atoms with Gasteiger partial charge in [0.05, 0.1) is 6.10 Å². The summed E-state index contributed by atoms with van der Waals surface area (Å²) in [6.07, 6.45) is 0.0612. The standard InChI is InChI=1S/C20H30O2Si/c1-19(2,3)23(6,7)22-18-16-14(13-11-9-8-10-12-13)15(16)17(21)20(18,4)5/h8-12,14-16,18H,1-7H3/t14-,15-,16+,18+/m0/s1.